The van der Waals surface area contributed by atoms with Crippen molar-refractivity contribution in [3.63, 3.8) is 0 Å². The van der Waals surface area contributed by atoms with Crippen molar-refractivity contribution in [3.8, 4) is 0 Å². The number of dihydropyridines is 1. The lowest BCUT2D eigenvalue weighted by molar-refractivity contribution is 0.837. The van der Waals surface area contributed by atoms with E-state index in [-0.39, 0.29) is 0 Å². The summed E-state index contributed by atoms with van der Waals surface area (Å²) >= 11 is 0. The van der Waals surface area contributed by atoms with Crippen LogP contribution in [0.25, 0.3) is 0 Å². The maximum Gasteiger partial charge on any atom is 0.0493 e. The fourth-order valence-corrected chi connectivity index (χ4v) is 1.40. The summed E-state index contributed by atoms with van der Waals surface area (Å²) in [5, 5.41) is 0. The number of pyridine rings is 1. The van der Waals surface area contributed by atoms with Gasteiger partial charge in [0, 0.05) is 30.6 Å². The second-order valence-corrected chi connectivity index (χ2v) is 3.24. The van der Waals surface area contributed by atoms with Gasteiger partial charge >= 0.3 is 0 Å². The predicted molar refractivity (Wildman–Crippen MR) is 54.2 cm³/mol. The zero-order chi connectivity index (χ0) is 9.10. The highest BCUT2D eigenvalue weighted by Gasteiger charge is 2.08. The topological polar surface area (TPSA) is 25.2 Å². The molecule has 0 N–H and O–H groups in total. The number of aliphatic imine (C=N–C) groups is 1. The first kappa shape index (κ1) is 8.17. The number of aromatic nitrogens is 1. The van der Waals surface area contributed by atoms with Crippen LogP contribution in [-0.4, -0.2) is 17.7 Å². The van der Waals surface area contributed by atoms with Crippen molar-refractivity contribution >= 4 is 6.21 Å². The molecular weight excluding hydrogens is 160 g/mol. The van der Waals surface area contributed by atoms with Crippen LogP contribution in [0.1, 0.15) is 17.2 Å². The molecule has 1 aliphatic rings. The Hall–Kier alpha value is -1.44. The van der Waals surface area contributed by atoms with Crippen LogP contribution in [-0.2, 0) is 0 Å². The Morgan fingerprint density at radius 2 is 2.31 bits per heavy atom. The van der Waals surface area contributed by atoms with Gasteiger partial charge in [-0.05, 0) is 24.6 Å². The number of nitrogens with zero attached hydrogens (tertiary/aromatic N) is 2. The Bertz CT molecular complexity index is 336. The van der Waals surface area contributed by atoms with Gasteiger partial charge in [-0.3, -0.25) is 9.98 Å². The van der Waals surface area contributed by atoms with Crippen LogP contribution in [0.5, 0.6) is 0 Å². The summed E-state index contributed by atoms with van der Waals surface area (Å²) in [5.41, 5.74) is 2.31. The van der Waals surface area contributed by atoms with Gasteiger partial charge in [-0.25, -0.2) is 0 Å². The van der Waals surface area contributed by atoms with Crippen molar-refractivity contribution in [2.45, 2.75) is 12.8 Å². The van der Waals surface area contributed by atoms with E-state index in [4.69, 9.17) is 0 Å². The molecule has 2 heteroatoms. The minimum atomic E-state index is 0.415. The number of aryl methyl sites for hydroxylation is 1. The minimum Gasteiger partial charge on any atom is -0.292 e. The van der Waals surface area contributed by atoms with Gasteiger partial charge in [0.2, 0.25) is 0 Å². The SMILES string of the molecule is Cc1ccc([C@@H]2C=CC=NC2)cn1. The second kappa shape index (κ2) is 3.52. The fourth-order valence-electron chi connectivity index (χ4n) is 1.40. The molecule has 1 atom stereocenters. The molecule has 2 heterocycles. The lowest BCUT2D eigenvalue weighted by atomic mass is 9.99. The van der Waals surface area contributed by atoms with Crippen LogP contribution < -0.4 is 0 Å². The van der Waals surface area contributed by atoms with E-state index in [1.807, 2.05) is 31.5 Å². The van der Waals surface area contributed by atoms with Crippen molar-refractivity contribution < 1.29 is 0 Å². The zero-order valence-corrected chi connectivity index (χ0v) is 7.64. The van der Waals surface area contributed by atoms with Gasteiger partial charge in [-0.15, -0.1) is 0 Å². The molecule has 0 amide bonds. The molecule has 13 heavy (non-hydrogen) atoms. The number of rotatable bonds is 1. The first-order chi connectivity index (χ1) is 6.36. The smallest absolute Gasteiger partial charge is 0.0493 e. The molecule has 0 spiro atoms. The van der Waals surface area contributed by atoms with E-state index < -0.39 is 0 Å². The third-order valence-corrected chi connectivity index (χ3v) is 2.20. The van der Waals surface area contributed by atoms with Gasteiger partial charge in [0.25, 0.3) is 0 Å². The Labute approximate surface area is 78.0 Å². The Kier molecular flexibility index (Phi) is 2.21. The molecule has 1 aromatic rings. The average Bonchev–Trinajstić information content (AvgIpc) is 2.20. The average molecular weight is 172 g/mol. The molecule has 2 nitrogen and oxygen atoms in total. The number of hydrogen-bond acceptors (Lipinski definition) is 2. The van der Waals surface area contributed by atoms with Crippen LogP contribution in [0.3, 0.4) is 0 Å². The molecule has 0 aliphatic carbocycles. The Morgan fingerprint density at radius 1 is 1.38 bits per heavy atom. The van der Waals surface area contributed by atoms with Crippen LogP contribution >= 0.6 is 0 Å². The Morgan fingerprint density at radius 3 is 2.92 bits per heavy atom. The maximum absolute atomic E-state index is 4.27. The largest absolute Gasteiger partial charge is 0.292 e. The third kappa shape index (κ3) is 1.83. The number of allylic oxidation sites excluding steroid dienone is 1. The van der Waals surface area contributed by atoms with Crippen molar-refractivity contribution in [2.75, 3.05) is 6.54 Å². The van der Waals surface area contributed by atoms with Gasteiger partial charge in [0.1, 0.15) is 0 Å². The Balaban J connectivity index is 2.21. The third-order valence-electron chi connectivity index (χ3n) is 2.20. The fraction of sp³-hybridized carbons (Fsp3) is 0.273. The molecule has 0 fully saturated rings. The highest BCUT2D eigenvalue weighted by molar-refractivity contribution is 5.72. The summed E-state index contributed by atoms with van der Waals surface area (Å²) in [6, 6.07) is 4.17. The minimum absolute atomic E-state index is 0.415. The summed E-state index contributed by atoms with van der Waals surface area (Å²) in [4.78, 5) is 8.49. The molecule has 0 unspecified atom stereocenters. The van der Waals surface area contributed by atoms with E-state index in [2.05, 4.69) is 22.1 Å². The highest BCUT2D eigenvalue weighted by Crippen LogP contribution is 2.18. The summed E-state index contributed by atoms with van der Waals surface area (Å²) in [6.45, 7) is 2.85. The van der Waals surface area contributed by atoms with Gasteiger partial charge in [-0.1, -0.05) is 12.1 Å². The molecule has 0 saturated heterocycles. The molecule has 66 valence electrons. The second-order valence-electron chi connectivity index (χ2n) is 3.24. The molecular formula is C11H12N2. The van der Waals surface area contributed by atoms with Crippen molar-refractivity contribution in [3.05, 3.63) is 41.7 Å². The van der Waals surface area contributed by atoms with E-state index in [1.165, 1.54) is 5.56 Å². The lowest BCUT2D eigenvalue weighted by Crippen LogP contribution is -2.03. The molecule has 1 aliphatic heterocycles. The molecule has 0 aromatic carbocycles. The van der Waals surface area contributed by atoms with Gasteiger partial charge in [0.15, 0.2) is 0 Å². The van der Waals surface area contributed by atoms with E-state index in [1.54, 1.807) is 0 Å². The molecule has 0 bridgehead atoms. The van der Waals surface area contributed by atoms with Crippen LogP contribution in [0, 0.1) is 6.92 Å². The normalized spacial score (nSPS) is 20.5. The first-order valence-corrected chi connectivity index (χ1v) is 4.45. The number of hydrogen-bond donors (Lipinski definition) is 0. The summed E-state index contributed by atoms with van der Waals surface area (Å²) in [7, 11) is 0. The lowest BCUT2D eigenvalue weighted by Gasteiger charge is -2.12. The van der Waals surface area contributed by atoms with Crippen LogP contribution in [0.4, 0.5) is 0 Å². The van der Waals surface area contributed by atoms with Gasteiger partial charge < -0.3 is 0 Å². The van der Waals surface area contributed by atoms with E-state index in [0.717, 1.165) is 12.2 Å². The van der Waals surface area contributed by atoms with E-state index in [0.29, 0.717) is 5.92 Å². The molecule has 0 saturated carbocycles. The quantitative estimate of drug-likeness (QED) is 0.637. The molecule has 2 rings (SSSR count). The van der Waals surface area contributed by atoms with Gasteiger partial charge in [0.05, 0.1) is 0 Å². The van der Waals surface area contributed by atoms with E-state index >= 15 is 0 Å². The van der Waals surface area contributed by atoms with Crippen molar-refractivity contribution in [1.82, 2.24) is 4.98 Å². The van der Waals surface area contributed by atoms with Crippen LogP contribution in [0.15, 0.2) is 35.5 Å². The first-order valence-electron chi connectivity index (χ1n) is 4.45. The van der Waals surface area contributed by atoms with Crippen molar-refractivity contribution in [1.29, 1.82) is 0 Å². The summed E-state index contributed by atoms with van der Waals surface area (Å²) in [6.07, 6.45) is 7.94. The maximum atomic E-state index is 4.27. The molecule has 0 radical (unpaired) electrons. The standard InChI is InChI=1S/C11H12N2/c1-9-4-5-11(8-13-9)10-3-2-6-12-7-10/h2-6,8,10H,7H2,1H3/t10-/m1/s1. The summed E-state index contributed by atoms with van der Waals surface area (Å²) in [5.74, 6) is 0.415. The highest BCUT2D eigenvalue weighted by atomic mass is 14.7. The monoisotopic (exact) mass is 172 g/mol. The summed E-state index contributed by atoms with van der Waals surface area (Å²) < 4.78 is 0. The van der Waals surface area contributed by atoms with Gasteiger partial charge in [-0.2, -0.15) is 0 Å². The predicted octanol–water partition coefficient (Wildman–Crippen LogP) is 2.11. The van der Waals surface area contributed by atoms with Crippen molar-refractivity contribution in [2.24, 2.45) is 4.99 Å². The zero-order valence-electron chi connectivity index (χ0n) is 7.64. The van der Waals surface area contributed by atoms with Crippen LogP contribution in [0.2, 0.25) is 0 Å². The molecule has 1 aromatic heterocycles. The van der Waals surface area contributed by atoms with E-state index in [9.17, 15) is 0 Å².